The number of amides is 3. The van der Waals surface area contributed by atoms with Gasteiger partial charge in [-0.15, -0.1) is 0 Å². The fraction of sp³-hybridized carbons (Fsp3) is 0.571. The van der Waals surface area contributed by atoms with Crippen molar-refractivity contribution in [1.29, 1.82) is 0 Å². The van der Waals surface area contributed by atoms with Crippen LogP contribution >= 0.6 is 0 Å². The summed E-state index contributed by atoms with van der Waals surface area (Å²) in [7, 11) is 0. The molecular formula is C21H26F2N4O3. The van der Waals surface area contributed by atoms with Gasteiger partial charge in [0.25, 0.3) is 11.8 Å². The van der Waals surface area contributed by atoms with Crippen LogP contribution in [0.4, 0.5) is 8.78 Å². The Balaban J connectivity index is 1.37. The highest BCUT2D eigenvalue weighted by Crippen LogP contribution is 2.32. The molecule has 3 heterocycles. The molecule has 30 heavy (non-hydrogen) atoms. The molecule has 0 bridgehead atoms. The molecule has 2 atom stereocenters. The minimum Gasteiger partial charge on any atom is -0.322 e. The summed E-state index contributed by atoms with van der Waals surface area (Å²) in [6.45, 7) is 1.90. The van der Waals surface area contributed by atoms with E-state index in [4.69, 9.17) is 0 Å². The highest BCUT2D eigenvalue weighted by molar-refractivity contribution is 6.05. The van der Waals surface area contributed by atoms with Crippen LogP contribution in [-0.4, -0.2) is 54.2 Å². The summed E-state index contributed by atoms with van der Waals surface area (Å²) >= 11 is 0. The van der Waals surface area contributed by atoms with Gasteiger partial charge in [-0.25, -0.2) is 8.78 Å². The highest BCUT2D eigenvalue weighted by Gasteiger charge is 2.40. The van der Waals surface area contributed by atoms with Gasteiger partial charge in [0.2, 0.25) is 11.8 Å². The molecule has 162 valence electrons. The van der Waals surface area contributed by atoms with Crippen LogP contribution in [0.1, 0.15) is 47.2 Å². The summed E-state index contributed by atoms with van der Waals surface area (Å²) in [5, 5.41) is 8.44. The lowest BCUT2D eigenvalue weighted by molar-refractivity contribution is -0.136. The van der Waals surface area contributed by atoms with E-state index in [1.807, 2.05) is 12.1 Å². The zero-order valence-electron chi connectivity index (χ0n) is 16.7. The minimum absolute atomic E-state index is 0.142. The maximum absolute atomic E-state index is 14.2. The van der Waals surface area contributed by atoms with Crippen molar-refractivity contribution >= 4 is 17.7 Å². The summed E-state index contributed by atoms with van der Waals surface area (Å²) < 4.78 is 28.4. The van der Waals surface area contributed by atoms with E-state index < -0.39 is 23.8 Å². The molecule has 0 spiro atoms. The third-order valence-electron chi connectivity index (χ3n) is 6.21. The Kier molecular flexibility index (Phi) is 5.84. The molecule has 0 aliphatic carbocycles. The molecule has 3 aliphatic rings. The predicted octanol–water partition coefficient (Wildman–Crippen LogP) is 1.17. The van der Waals surface area contributed by atoms with Crippen molar-refractivity contribution in [3.63, 3.8) is 0 Å². The van der Waals surface area contributed by atoms with Gasteiger partial charge in [0.15, 0.2) is 0 Å². The average Bonchev–Trinajstić information content (AvgIpc) is 2.91. The Labute approximate surface area is 173 Å². The Morgan fingerprint density at radius 2 is 2.00 bits per heavy atom. The fourth-order valence-corrected chi connectivity index (χ4v) is 4.45. The van der Waals surface area contributed by atoms with Crippen molar-refractivity contribution < 1.29 is 23.2 Å². The van der Waals surface area contributed by atoms with E-state index in [-0.39, 0.29) is 31.2 Å². The van der Waals surface area contributed by atoms with E-state index in [0.29, 0.717) is 44.6 Å². The number of hydrogen-bond donors (Lipinski definition) is 3. The third kappa shape index (κ3) is 4.22. The maximum atomic E-state index is 14.2. The molecule has 1 aromatic carbocycles. The smallest absolute Gasteiger partial charge is 0.255 e. The second kappa shape index (κ2) is 8.39. The summed E-state index contributed by atoms with van der Waals surface area (Å²) in [5.74, 6) is -4.35. The van der Waals surface area contributed by atoms with Crippen molar-refractivity contribution in [3.8, 4) is 0 Å². The van der Waals surface area contributed by atoms with E-state index in [1.165, 1.54) is 4.90 Å². The summed E-state index contributed by atoms with van der Waals surface area (Å²) in [4.78, 5) is 37.7. The monoisotopic (exact) mass is 420 g/mol. The number of alkyl halides is 2. The number of carbonyl (C=O) groups excluding carboxylic acids is 3. The third-order valence-corrected chi connectivity index (χ3v) is 6.21. The van der Waals surface area contributed by atoms with Gasteiger partial charge in [-0.1, -0.05) is 12.1 Å². The molecule has 3 aliphatic heterocycles. The molecule has 0 radical (unpaired) electrons. The molecule has 0 saturated carbocycles. The number of hydrogen-bond acceptors (Lipinski definition) is 5. The molecule has 1 aromatic rings. The lowest BCUT2D eigenvalue weighted by Gasteiger charge is -2.29. The van der Waals surface area contributed by atoms with Crippen LogP contribution in [-0.2, 0) is 22.7 Å². The minimum atomic E-state index is -2.68. The van der Waals surface area contributed by atoms with Gasteiger partial charge in [-0.05, 0) is 36.6 Å². The van der Waals surface area contributed by atoms with Gasteiger partial charge in [0, 0.05) is 50.5 Å². The van der Waals surface area contributed by atoms with Gasteiger partial charge >= 0.3 is 0 Å². The Morgan fingerprint density at radius 3 is 2.80 bits per heavy atom. The van der Waals surface area contributed by atoms with Gasteiger partial charge in [-0.3, -0.25) is 19.7 Å². The number of imide groups is 1. The van der Waals surface area contributed by atoms with Gasteiger partial charge in [-0.2, -0.15) is 0 Å². The lowest BCUT2D eigenvalue weighted by atomic mass is 9.96. The van der Waals surface area contributed by atoms with Crippen LogP contribution in [0.5, 0.6) is 0 Å². The second-order valence-electron chi connectivity index (χ2n) is 8.27. The first-order chi connectivity index (χ1) is 14.3. The van der Waals surface area contributed by atoms with Crippen LogP contribution in [0, 0.1) is 5.92 Å². The van der Waals surface area contributed by atoms with Gasteiger partial charge in [0.05, 0.1) is 0 Å². The molecule has 0 aromatic heterocycles. The van der Waals surface area contributed by atoms with Crippen molar-refractivity contribution in [3.05, 3.63) is 34.9 Å². The van der Waals surface area contributed by atoms with Gasteiger partial charge < -0.3 is 15.5 Å². The second-order valence-corrected chi connectivity index (χ2v) is 8.27. The topological polar surface area (TPSA) is 90.5 Å². The number of piperidine rings is 1. The van der Waals surface area contributed by atoms with Gasteiger partial charge in [0.1, 0.15) is 6.04 Å². The van der Waals surface area contributed by atoms with E-state index in [0.717, 1.165) is 11.1 Å². The molecule has 2 fully saturated rings. The average molecular weight is 420 g/mol. The van der Waals surface area contributed by atoms with Crippen LogP contribution < -0.4 is 16.0 Å². The van der Waals surface area contributed by atoms with Crippen molar-refractivity contribution in [2.75, 3.05) is 19.6 Å². The van der Waals surface area contributed by atoms with Crippen LogP contribution in [0.2, 0.25) is 0 Å². The molecule has 2 saturated heterocycles. The van der Waals surface area contributed by atoms with Crippen LogP contribution in [0.15, 0.2) is 18.2 Å². The maximum Gasteiger partial charge on any atom is 0.255 e. The molecular weight excluding hydrogens is 394 g/mol. The van der Waals surface area contributed by atoms with Crippen molar-refractivity contribution in [2.45, 2.75) is 50.7 Å². The molecule has 4 rings (SSSR count). The summed E-state index contributed by atoms with van der Waals surface area (Å²) in [5.41, 5.74) is 2.26. The largest absolute Gasteiger partial charge is 0.322 e. The molecule has 3 amide bonds. The molecule has 2 unspecified atom stereocenters. The number of nitrogens with one attached hydrogen (secondary N) is 3. The Bertz CT molecular complexity index is 861. The molecule has 7 nitrogen and oxygen atoms in total. The SMILES string of the molecule is O=C1CCC(N2Cc3cc(CNCC4CCNCCC4(F)F)ccc3C2=O)C(=O)N1. The Hall–Kier alpha value is -2.39. The van der Waals surface area contributed by atoms with E-state index in [9.17, 15) is 23.2 Å². The first-order valence-electron chi connectivity index (χ1n) is 10.4. The zero-order valence-corrected chi connectivity index (χ0v) is 16.7. The highest BCUT2D eigenvalue weighted by atomic mass is 19.3. The number of benzene rings is 1. The van der Waals surface area contributed by atoms with Crippen LogP contribution in [0.25, 0.3) is 0 Å². The number of fused-ring (bicyclic) bond motifs is 1. The lowest BCUT2D eigenvalue weighted by Crippen LogP contribution is -2.52. The fourth-order valence-electron chi connectivity index (χ4n) is 4.45. The summed E-state index contributed by atoms with van der Waals surface area (Å²) in [6.07, 6.45) is 0.826. The van der Waals surface area contributed by atoms with Crippen LogP contribution in [0.3, 0.4) is 0 Å². The Morgan fingerprint density at radius 1 is 1.17 bits per heavy atom. The zero-order chi connectivity index (χ0) is 21.3. The first-order valence-corrected chi connectivity index (χ1v) is 10.4. The van der Waals surface area contributed by atoms with Crippen molar-refractivity contribution in [1.82, 2.24) is 20.9 Å². The molecule has 3 N–H and O–H groups in total. The normalized spacial score (nSPS) is 26.3. The first kappa shape index (κ1) is 20.9. The molecule has 9 heteroatoms. The van der Waals surface area contributed by atoms with E-state index in [1.54, 1.807) is 6.07 Å². The summed E-state index contributed by atoms with van der Waals surface area (Å²) in [6, 6.07) is 4.78. The number of nitrogens with zero attached hydrogens (tertiary/aromatic N) is 1. The number of rotatable bonds is 5. The number of carbonyl (C=O) groups is 3. The predicted molar refractivity (Wildman–Crippen MR) is 105 cm³/mol. The number of halogens is 2. The quantitative estimate of drug-likeness (QED) is 0.623. The van der Waals surface area contributed by atoms with Crippen molar-refractivity contribution in [2.24, 2.45) is 5.92 Å². The standard InChI is InChI=1S/C21H26F2N4O3/c22-21(23)6-8-24-7-5-15(21)11-25-10-13-1-2-16-14(9-13)12-27(20(16)30)17-3-4-18(28)26-19(17)29/h1-2,9,15,17,24-25H,3-8,10-12H2,(H,26,28,29). The van der Waals surface area contributed by atoms with E-state index in [2.05, 4.69) is 16.0 Å². The van der Waals surface area contributed by atoms with E-state index >= 15 is 0 Å².